The second kappa shape index (κ2) is 5.28. The van der Waals surface area contributed by atoms with Gasteiger partial charge in [0.05, 0.1) is 6.10 Å². The lowest BCUT2D eigenvalue weighted by Crippen LogP contribution is -2.19. The Bertz CT molecular complexity index is 437. The highest BCUT2D eigenvalue weighted by atomic mass is 16.3. The lowest BCUT2D eigenvalue weighted by Gasteiger charge is -2.27. The number of hydrogen-bond acceptors (Lipinski definition) is 1. The summed E-state index contributed by atoms with van der Waals surface area (Å²) in [7, 11) is 0. The van der Waals surface area contributed by atoms with E-state index < -0.39 is 0 Å². The standard InChI is InChI=1S/C18H26O/c1-12(2)8-13-4-3-5-16(10-13)18(19)17-11-14-6-7-15(17)9-14/h3-5,10,12,14-15,17-19H,6-9,11H2,1-2H3. The van der Waals surface area contributed by atoms with Gasteiger partial charge in [0, 0.05) is 0 Å². The third-order valence-corrected chi connectivity index (χ3v) is 5.13. The van der Waals surface area contributed by atoms with Crippen LogP contribution in [-0.4, -0.2) is 5.11 Å². The van der Waals surface area contributed by atoms with E-state index in [4.69, 9.17) is 0 Å². The highest BCUT2D eigenvalue weighted by molar-refractivity contribution is 5.26. The van der Waals surface area contributed by atoms with Crippen LogP contribution in [-0.2, 0) is 6.42 Å². The van der Waals surface area contributed by atoms with Crippen molar-refractivity contribution in [3.05, 3.63) is 35.4 Å². The van der Waals surface area contributed by atoms with Crippen molar-refractivity contribution in [3.8, 4) is 0 Å². The first-order chi connectivity index (χ1) is 9.13. The van der Waals surface area contributed by atoms with E-state index in [1.54, 1.807) is 0 Å². The Hall–Kier alpha value is -0.820. The molecule has 2 fully saturated rings. The van der Waals surface area contributed by atoms with Crippen molar-refractivity contribution in [2.75, 3.05) is 0 Å². The van der Waals surface area contributed by atoms with Crippen molar-refractivity contribution in [2.45, 2.75) is 52.1 Å². The summed E-state index contributed by atoms with van der Waals surface area (Å²) in [6, 6.07) is 8.65. The fraction of sp³-hybridized carbons (Fsp3) is 0.667. The van der Waals surface area contributed by atoms with Crippen molar-refractivity contribution >= 4 is 0 Å². The lowest BCUT2D eigenvalue weighted by atomic mass is 9.81. The molecule has 1 aromatic rings. The van der Waals surface area contributed by atoms with Gasteiger partial charge in [-0.05, 0) is 60.5 Å². The largest absolute Gasteiger partial charge is 0.388 e. The lowest BCUT2D eigenvalue weighted by molar-refractivity contribution is 0.0744. The van der Waals surface area contributed by atoms with Crippen LogP contribution in [0.4, 0.5) is 0 Å². The molecule has 4 unspecified atom stereocenters. The summed E-state index contributed by atoms with van der Waals surface area (Å²) in [5.74, 6) is 2.89. The highest BCUT2D eigenvalue weighted by Gasteiger charge is 2.42. The van der Waals surface area contributed by atoms with Crippen LogP contribution in [0.15, 0.2) is 24.3 Å². The van der Waals surface area contributed by atoms with Crippen LogP contribution in [0, 0.1) is 23.7 Å². The zero-order chi connectivity index (χ0) is 13.4. The van der Waals surface area contributed by atoms with Gasteiger partial charge in [-0.15, -0.1) is 0 Å². The molecule has 0 radical (unpaired) electrons. The third-order valence-electron chi connectivity index (χ3n) is 5.13. The van der Waals surface area contributed by atoms with Crippen LogP contribution in [0.5, 0.6) is 0 Å². The summed E-state index contributed by atoms with van der Waals surface area (Å²) in [4.78, 5) is 0. The first-order valence-corrected chi connectivity index (χ1v) is 7.90. The Morgan fingerprint density at radius 2 is 2.05 bits per heavy atom. The number of aliphatic hydroxyl groups excluding tert-OH is 1. The molecule has 4 atom stereocenters. The van der Waals surface area contributed by atoms with Crippen LogP contribution in [0.3, 0.4) is 0 Å². The smallest absolute Gasteiger partial charge is 0.0821 e. The zero-order valence-corrected chi connectivity index (χ0v) is 12.2. The van der Waals surface area contributed by atoms with Gasteiger partial charge in [-0.2, -0.15) is 0 Å². The Morgan fingerprint density at radius 3 is 2.68 bits per heavy atom. The summed E-state index contributed by atoms with van der Waals surface area (Å²) in [5.41, 5.74) is 2.52. The summed E-state index contributed by atoms with van der Waals surface area (Å²) in [6.07, 6.45) is 6.24. The molecule has 0 amide bonds. The molecule has 1 aromatic carbocycles. The van der Waals surface area contributed by atoms with E-state index in [1.165, 1.54) is 31.2 Å². The minimum Gasteiger partial charge on any atom is -0.388 e. The minimum atomic E-state index is -0.234. The summed E-state index contributed by atoms with van der Waals surface area (Å²) in [5, 5.41) is 10.7. The molecule has 2 bridgehead atoms. The molecule has 2 aliphatic carbocycles. The first-order valence-electron chi connectivity index (χ1n) is 7.90. The molecule has 104 valence electrons. The Labute approximate surface area is 117 Å². The normalized spacial score (nSPS) is 31.1. The average molecular weight is 258 g/mol. The van der Waals surface area contributed by atoms with Gasteiger partial charge in [-0.3, -0.25) is 0 Å². The third kappa shape index (κ3) is 2.72. The van der Waals surface area contributed by atoms with Gasteiger partial charge in [0.15, 0.2) is 0 Å². The second-order valence-corrected chi connectivity index (χ2v) is 7.13. The average Bonchev–Trinajstić information content (AvgIpc) is 2.99. The Balaban J connectivity index is 1.74. The van der Waals surface area contributed by atoms with Gasteiger partial charge >= 0.3 is 0 Å². The molecule has 2 saturated carbocycles. The van der Waals surface area contributed by atoms with Crippen molar-refractivity contribution in [1.82, 2.24) is 0 Å². The summed E-state index contributed by atoms with van der Waals surface area (Å²) >= 11 is 0. The Morgan fingerprint density at radius 1 is 1.21 bits per heavy atom. The predicted molar refractivity (Wildman–Crippen MR) is 78.9 cm³/mol. The van der Waals surface area contributed by atoms with E-state index in [-0.39, 0.29) is 6.10 Å². The molecule has 19 heavy (non-hydrogen) atoms. The topological polar surface area (TPSA) is 20.2 Å². The quantitative estimate of drug-likeness (QED) is 0.851. The minimum absolute atomic E-state index is 0.234. The van der Waals surface area contributed by atoms with E-state index in [9.17, 15) is 5.11 Å². The number of fused-ring (bicyclic) bond motifs is 2. The number of aliphatic hydroxyl groups is 1. The van der Waals surface area contributed by atoms with Crippen LogP contribution in [0.1, 0.15) is 56.8 Å². The molecule has 1 N–H and O–H groups in total. The summed E-state index contributed by atoms with van der Waals surface area (Å²) < 4.78 is 0. The monoisotopic (exact) mass is 258 g/mol. The van der Waals surface area contributed by atoms with Crippen molar-refractivity contribution < 1.29 is 5.11 Å². The molecule has 1 heteroatoms. The summed E-state index contributed by atoms with van der Waals surface area (Å²) in [6.45, 7) is 4.50. The van der Waals surface area contributed by atoms with Gasteiger partial charge in [-0.25, -0.2) is 0 Å². The van der Waals surface area contributed by atoms with Crippen LogP contribution in [0.25, 0.3) is 0 Å². The highest BCUT2D eigenvalue weighted by Crippen LogP contribution is 2.52. The van der Waals surface area contributed by atoms with E-state index in [2.05, 4.69) is 38.1 Å². The molecule has 1 nitrogen and oxygen atoms in total. The van der Waals surface area contributed by atoms with Gasteiger partial charge in [0.1, 0.15) is 0 Å². The van der Waals surface area contributed by atoms with Gasteiger partial charge < -0.3 is 5.11 Å². The second-order valence-electron chi connectivity index (χ2n) is 7.13. The Kier molecular flexibility index (Phi) is 3.66. The molecule has 3 rings (SSSR count). The molecule has 0 spiro atoms. The number of benzene rings is 1. The molecule has 0 aromatic heterocycles. The van der Waals surface area contributed by atoms with Crippen LogP contribution >= 0.6 is 0 Å². The molecule has 0 heterocycles. The van der Waals surface area contributed by atoms with Crippen molar-refractivity contribution in [1.29, 1.82) is 0 Å². The van der Waals surface area contributed by atoms with E-state index in [0.717, 1.165) is 23.8 Å². The molecule has 0 aliphatic heterocycles. The van der Waals surface area contributed by atoms with Crippen molar-refractivity contribution in [2.24, 2.45) is 23.7 Å². The molecule has 0 saturated heterocycles. The van der Waals surface area contributed by atoms with E-state index in [1.807, 2.05) is 0 Å². The molecule has 2 aliphatic rings. The zero-order valence-electron chi connectivity index (χ0n) is 12.2. The van der Waals surface area contributed by atoms with E-state index in [0.29, 0.717) is 11.8 Å². The fourth-order valence-corrected chi connectivity index (χ4v) is 4.30. The maximum absolute atomic E-state index is 10.7. The molecular weight excluding hydrogens is 232 g/mol. The maximum atomic E-state index is 10.7. The van der Waals surface area contributed by atoms with Crippen LogP contribution < -0.4 is 0 Å². The fourth-order valence-electron chi connectivity index (χ4n) is 4.30. The van der Waals surface area contributed by atoms with Crippen molar-refractivity contribution in [3.63, 3.8) is 0 Å². The predicted octanol–water partition coefficient (Wildman–Crippen LogP) is 4.35. The van der Waals surface area contributed by atoms with Gasteiger partial charge in [-0.1, -0.05) is 44.5 Å². The number of rotatable bonds is 4. The van der Waals surface area contributed by atoms with Gasteiger partial charge in [0.25, 0.3) is 0 Å². The maximum Gasteiger partial charge on any atom is 0.0821 e. The van der Waals surface area contributed by atoms with E-state index >= 15 is 0 Å². The molecular formula is C18H26O. The SMILES string of the molecule is CC(C)Cc1cccc(C(O)C2CC3CCC2C3)c1. The van der Waals surface area contributed by atoms with Gasteiger partial charge in [0.2, 0.25) is 0 Å². The first kappa shape index (κ1) is 13.2. The number of hydrogen-bond donors (Lipinski definition) is 1. The van der Waals surface area contributed by atoms with Crippen LogP contribution in [0.2, 0.25) is 0 Å².